The van der Waals surface area contributed by atoms with Crippen LogP contribution >= 0.6 is 0 Å². The second-order valence-electron chi connectivity index (χ2n) is 12.1. The van der Waals surface area contributed by atoms with Gasteiger partial charge >= 0.3 is 0 Å². The van der Waals surface area contributed by atoms with Crippen molar-refractivity contribution in [2.24, 2.45) is 0 Å². The zero-order chi connectivity index (χ0) is 29.9. The topological polar surface area (TPSA) is 32.2 Å². The number of hydrogen-bond acceptors (Lipinski definition) is 2. The van der Waals surface area contributed by atoms with Gasteiger partial charge in [0.05, 0.1) is 33.1 Å². The molecule has 3 aromatic heterocycles. The second kappa shape index (κ2) is 8.68. The van der Waals surface area contributed by atoms with Gasteiger partial charge in [-0.15, -0.1) is 0 Å². The van der Waals surface area contributed by atoms with Gasteiger partial charge in [0.25, 0.3) is 0 Å². The SMILES string of the molecule is c1ccc2c(c1)Oc1cccc3c4ccc(-c5ccc(-n6c7ccccc7c7ccc8oc9ccccc9c8c76)cc5)cc4n-2c13. The molecule has 0 saturated carbocycles. The Morgan fingerprint density at radius 1 is 0.413 bits per heavy atom. The minimum Gasteiger partial charge on any atom is -0.456 e. The number of nitrogens with zero attached hydrogens (tertiary/aromatic N) is 2. The van der Waals surface area contributed by atoms with E-state index in [2.05, 4.69) is 130 Å². The lowest BCUT2D eigenvalue weighted by atomic mass is 10.0. The summed E-state index contributed by atoms with van der Waals surface area (Å²) in [4.78, 5) is 0. The lowest BCUT2D eigenvalue weighted by molar-refractivity contribution is 0.476. The molecular weight excluding hydrogens is 564 g/mol. The Balaban J connectivity index is 1.12. The third kappa shape index (κ3) is 3.07. The lowest BCUT2D eigenvalue weighted by Gasteiger charge is -2.20. The zero-order valence-electron chi connectivity index (χ0n) is 24.6. The molecule has 0 aliphatic carbocycles. The average Bonchev–Trinajstić information content (AvgIpc) is 3.77. The molecule has 1 aliphatic rings. The van der Waals surface area contributed by atoms with Gasteiger partial charge in [0.15, 0.2) is 11.5 Å². The van der Waals surface area contributed by atoms with Crippen molar-refractivity contribution in [3.8, 4) is 34.0 Å². The first-order chi connectivity index (χ1) is 22.8. The van der Waals surface area contributed by atoms with Crippen LogP contribution < -0.4 is 4.74 Å². The van der Waals surface area contributed by atoms with E-state index in [0.29, 0.717) is 0 Å². The summed E-state index contributed by atoms with van der Waals surface area (Å²) in [6, 6.07) is 51.7. The molecule has 0 spiro atoms. The molecule has 1 aliphatic heterocycles. The van der Waals surface area contributed by atoms with Crippen molar-refractivity contribution in [2.75, 3.05) is 0 Å². The van der Waals surface area contributed by atoms with E-state index in [1.807, 2.05) is 24.3 Å². The van der Waals surface area contributed by atoms with Gasteiger partial charge in [-0.2, -0.15) is 0 Å². The van der Waals surface area contributed by atoms with Crippen LogP contribution in [0.25, 0.3) is 88.1 Å². The number of aromatic nitrogens is 2. The first-order valence-electron chi connectivity index (χ1n) is 15.6. The monoisotopic (exact) mass is 588 g/mol. The smallest absolute Gasteiger partial charge is 0.152 e. The van der Waals surface area contributed by atoms with Crippen LogP contribution in [0.15, 0.2) is 150 Å². The molecule has 0 unspecified atom stereocenters. The van der Waals surface area contributed by atoms with Gasteiger partial charge in [-0.05, 0) is 71.8 Å². The van der Waals surface area contributed by atoms with Crippen molar-refractivity contribution in [3.05, 3.63) is 146 Å². The Hall–Kier alpha value is -6.26. The Morgan fingerprint density at radius 3 is 2.04 bits per heavy atom. The summed E-state index contributed by atoms with van der Waals surface area (Å²) < 4.78 is 17.4. The van der Waals surface area contributed by atoms with Crippen molar-refractivity contribution in [2.45, 2.75) is 0 Å². The van der Waals surface area contributed by atoms with Crippen LogP contribution in [0.3, 0.4) is 0 Å². The number of benzene rings is 7. The summed E-state index contributed by atoms with van der Waals surface area (Å²) in [7, 11) is 0. The van der Waals surface area contributed by atoms with E-state index in [0.717, 1.165) is 50.3 Å². The van der Waals surface area contributed by atoms with E-state index in [1.165, 1.54) is 49.2 Å². The number of para-hydroxylation sites is 5. The molecule has 11 rings (SSSR count). The maximum absolute atomic E-state index is 6.32. The molecule has 4 heteroatoms. The first-order valence-corrected chi connectivity index (χ1v) is 15.6. The van der Waals surface area contributed by atoms with Crippen LogP contribution in [0.5, 0.6) is 11.5 Å². The molecule has 214 valence electrons. The van der Waals surface area contributed by atoms with Crippen LogP contribution in [-0.2, 0) is 0 Å². The fourth-order valence-electron chi connectivity index (χ4n) is 7.73. The van der Waals surface area contributed by atoms with E-state index >= 15 is 0 Å². The number of rotatable bonds is 2. The highest BCUT2D eigenvalue weighted by molar-refractivity contribution is 6.24. The molecule has 0 N–H and O–H groups in total. The van der Waals surface area contributed by atoms with Gasteiger partial charge in [0, 0.05) is 32.6 Å². The quantitative estimate of drug-likeness (QED) is 0.201. The summed E-state index contributed by atoms with van der Waals surface area (Å²) in [5.41, 5.74) is 11.0. The summed E-state index contributed by atoms with van der Waals surface area (Å²) in [6.45, 7) is 0. The van der Waals surface area contributed by atoms with E-state index in [-0.39, 0.29) is 0 Å². The normalized spacial score (nSPS) is 12.5. The van der Waals surface area contributed by atoms with Gasteiger partial charge in [0.1, 0.15) is 11.2 Å². The predicted octanol–water partition coefficient (Wildman–Crippen LogP) is 11.6. The van der Waals surface area contributed by atoms with E-state index in [9.17, 15) is 0 Å². The molecule has 0 atom stereocenters. The molecule has 0 bridgehead atoms. The maximum Gasteiger partial charge on any atom is 0.152 e. The van der Waals surface area contributed by atoms with E-state index in [4.69, 9.17) is 9.15 Å². The Kier molecular flexibility index (Phi) is 4.55. The number of fused-ring (bicyclic) bond motifs is 12. The Morgan fingerprint density at radius 2 is 1.11 bits per heavy atom. The third-order valence-electron chi connectivity index (χ3n) is 9.71. The van der Waals surface area contributed by atoms with Crippen LogP contribution in [0.4, 0.5) is 0 Å². The molecule has 10 aromatic rings. The first kappa shape index (κ1) is 24.1. The van der Waals surface area contributed by atoms with E-state index in [1.54, 1.807) is 0 Å². The zero-order valence-corrected chi connectivity index (χ0v) is 24.6. The molecule has 0 radical (unpaired) electrons. The minimum absolute atomic E-state index is 0.875. The van der Waals surface area contributed by atoms with Crippen molar-refractivity contribution < 1.29 is 9.15 Å². The molecule has 0 saturated heterocycles. The van der Waals surface area contributed by atoms with Gasteiger partial charge < -0.3 is 18.3 Å². The van der Waals surface area contributed by atoms with Crippen molar-refractivity contribution in [3.63, 3.8) is 0 Å². The fourth-order valence-corrected chi connectivity index (χ4v) is 7.73. The molecule has 4 nitrogen and oxygen atoms in total. The third-order valence-corrected chi connectivity index (χ3v) is 9.71. The van der Waals surface area contributed by atoms with Crippen LogP contribution in [0.2, 0.25) is 0 Å². The standard InChI is InChI=1S/C42H24N2O2/c1-3-11-33-28(8-1)31-22-23-38-40(32-9-2-5-13-36(32)45-38)42(31)43(33)27-19-16-25(17-20-27)26-18-21-29-30-10-7-15-39-41(30)44(35(29)24-26)34-12-4-6-14-37(34)46-39/h1-24H. The summed E-state index contributed by atoms with van der Waals surface area (Å²) in [5.74, 6) is 1.77. The minimum atomic E-state index is 0.875. The van der Waals surface area contributed by atoms with Crippen LogP contribution in [0, 0.1) is 0 Å². The number of furan rings is 1. The fraction of sp³-hybridized carbons (Fsp3) is 0. The van der Waals surface area contributed by atoms with E-state index < -0.39 is 0 Å². The maximum atomic E-state index is 6.32. The lowest BCUT2D eigenvalue weighted by Crippen LogP contribution is -2.03. The highest BCUT2D eigenvalue weighted by Gasteiger charge is 2.24. The van der Waals surface area contributed by atoms with Gasteiger partial charge in [-0.3, -0.25) is 0 Å². The molecule has 46 heavy (non-hydrogen) atoms. The van der Waals surface area contributed by atoms with Crippen LogP contribution in [0.1, 0.15) is 0 Å². The summed E-state index contributed by atoms with van der Waals surface area (Å²) in [6.07, 6.45) is 0. The van der Waals surface area contributed by atoms with Crippen LogP contribution in [-0.4, -0.2) is 9.13 Å². The Labute approximate surface area is 262 Å². The van der Waals surface area contributed by atoms with Gasteiger partial charge in [-0.25, -0.2) is 0 Å². The highest BCUT2D eigenvalue weighted by Crippen LogP contribution is 2.46. The molecule has 7 aromatic carbocycles. The molecule has 4 heterocycles. The average molecular weight is 589 g/mol. The Bertz CT molecular complexity index is 2880. The van der Waals surface area contributed by atoms with Crippen molar-refractivity contribution >= 4 is 65.6 Å². The summed E-state index contributed by atoms with van der Waals surface area (Å²) in [5, 5.41) is 7.17. The summed E-state index contributed by atoms with van der Waals surface area (Å²) >= 11 is 0. The molecular formula is C42H24N2O2. The second-order valence-corrected chi connectivity index (χ2v) is 12.1. The highest BCUT2D eigenvalue weighted by atomic mass is 16.5. The van der Waals surface area contributed by atoms with Gasteiger partial charge in [0.2, 0.25) is 0 Å². The largest absolute Gasteiger partial charge is 0.456 e. The van der Waals surface area contributed by atoms with Crippen molar-refractivity contribution in [1.29, 1.82) is 0 Å². The predicted molar refractivity (Wildman–Crippen MR) is 188 cm³/mol. The number of ether oxygens (including phenoxy) is 1. The molecule has 0 amide bonds. The van der Waals surface area contributed by atoms with Crippen molar-refractivity contribution in [1.82, 2.24) is 9.13 Å². The van der Waals surface area contributed by atoms with Gasteiger partial charge in [-0.1, -0.05) is 84.9 Å². The number of hydrogen-bond donors (Lipinski definition) is 0. The molecule has 0 fully saturated rings.